The second-order valence-corrected chi connectivity index (χ2v) is 5.42. The van der Waals surface area contributed by atoms with Crippen LogP contribution in [0.1, 0.15) is 34.2 Å². The van der Waals surface area contributed by atoms with Crippen LogP contribution in [0.4, 0.5) is 5.69 Å². The number of hydrogen-bond acceptors (Lipinski definition) is 4. The molecule has 1 aromatic heterocycles. The number of amides is 2. The quantitative estimate of drug-likeness (QED) is 0.922. The molecule has 0 spiro atoms. The van der Waals surface area contributed by atoms with E-state index in [-0.39, 0.29) is 11.8 Å². The summed E-state index contributed by atoms with van der Waals surface area (Å²) >= 11 is 0. The van der Waals surface area contributed by atoms with Crippen LogP contribution in [0.15, 0.2) is 28.9 Å². The van der Waals surface area contributed by atoms with Crippen molar-refractivity contribution in [3.05, 3.63) is 46.8 Å². The first-order valence-electron chi connectivity index (χ1n) is 7.14. The van der Waals surface area contributed by atoms with Crippen molar-refractivity contribution in [1.82, 2.24) is 10.1 Å². The zero-order chi connectivity index (χ0) is 15.7. The molecule has 1 aliphatic rings. The molecule has 22 heavy (non-hydrogen) atoms. The normalized spacial score (nSPS) is 13.6. The Kier molecular flexibility index (Phi) is 3.66. The fourth-order valence-corrected chi connectivity index (χ4v) is 2.62. The number of benzene rings is 1. The SMILES string of the molecule is CC(=O)N1CCc2ccc(NC(=O)c3cnoc3C)cc2C1. The van der Waals surface area contributed by atoms with Crippen LogP contribution in [0.2, 0.25) is 0 Å². The van der Waals surface area contributed by atoms with E-state index in [0.29, 0.717) is 23.6 Å². The molecule has 6 heteroatoms. The minimum Gasteiger partial charge on any atom is -0.361 e. The Bertz CT molecular complexity index is 736. The highest BCUT2D eigenvalue weighted by molar-refractivity contribution is 6.04. The van der Waals surface area contributed by atoms with Gasteiger partial charge in [0, 0.05) is 25.7 Å². The van der Waals surface area contributed by atoms with Gasteiger partial charge in [0.15, 0.2) is 0 Å². The predicted molar refractivity (Wildman–Crippen MR) is 80.4 cm³/mol. The fraction of sp³-hybridized carbons (Fsp3) is 0.312. The van der Waals surface area contributed by atoms with Gasteiger partial charge in [-0.2, -0.15) is 0 Å². The van der Waals surface area contributed by atoms with Crippen LogP contribution < -0.4 is 5.32 Å². The van der Waals surface area contributed by atoms with Crippen LogP contribution in [0.5, 0.6) is 0 Å². The van der Waals surface area contributed by atoms with E-state index in [9.17, 15) is 9.59 Å². The van der Waals surface area contributed by atoms with E-state index in [2.05, 4.69) is 10.5 Å². The first-order chi connectivity index (χ1) is 10.5. The molecule has 3 rings (SSSR count). The summed E-state index contributed by atoms with van der Waals surface area (Å²) in [5.41, 5.74) is 3.41. The summed E-state index contributed by atoms with van der Waals surface area (Å²) in [5, 5.41) is 6.44. The Balaban J connectivity index is 1.79. The maximum atomic E-state index is 12.2. The van der Waals surface area contributed by atoms with Crippen LogP contribution in [-0.4, -0.2) is 28.4 Å². The Hall–Kier alpha value is -2.63. The summed E-state index contributed by atoms with van der Waals surface area (Å²) in [5.74, 6) is 0.302. The van der Waals surface area contributed by atoms with Crippen LogP contribution in [0.25, 0.3) is 0 Å². The Morgan fingerprint density at radius 3 is 2.82 bits per heavy atom. The third-order valence-electron chi connectivity index (χ3n) is 3.92. The van der Waals surface area contributed by atoms with Crippen molar-refractivity contribution in [1.29, 1.82) is 0 Å². The molecule has 2 heterocycles. The average molecular weight is 299 g/mol. The molecular weight excluding hydrogens is 282 g/mol. The lowest BCUT2D eigenvalue weighted by Crippen LogP contribution is -2.34. The number of aromatic nitrogens is 1. The van der Waals surface area contributed by atoms with Gasteiger partial charge in [-0.3, -0.25) is 9.59 Å². The summed E-state index contributed by atoms with van der Waals surface area (Å²) in [7, 11) is 0. The van der Waals surface area contributed by atoms with Crippen LogP contribution >= 0.6 is 0 Å². The molecule has 0 saturated heterocycles. The Morgan fingerprint density at radius 1 is 1.32 bits per heavy atom. The molecule has 1 aromatic carbocycles. The van der Waals surface area contributed by atoms with Gasteiger partial charge in [0.1, 0.15) is 11.3 Å². The van der Waals surface area contributed by atoms with Gasteiger partial charge in [0.2, 0.25) is 5.91 Å². The number of carbonyl (C=O) groups is 2. The highest BCUT2D eigenvalue weighted by atomic mass is 16.5. The Morgan fingerprint density at radius 2 is 2.14 bits per heavy atom. The highest BCUT2D eigenvalue weighted by Gasteiger charge is 2.19. The molecule has 0 aliphatic carbocycles. The third kappa shape index (κ3) is 2.72. The predicted octanol–water partition coefficient (Wildman–Crippen LogP) is 2.14. The fourth-order valence-electron chi connectivity index (χ4n) is 2.62. The lowest BCUT2D eigenvalue weighted by molar-refractivity contribution is -0.129. The van der Waals surface area contributed by atoms with Crippen LogP contribution in [0, 0.1) is 6.92 Å². The van der Waals surface area contributed by atoms with Gasteiger partial charge in [-0.1, -0.05) is 11.2 Å². The molecular formula is C16H17N3O3. The van der Waals surface area contributed by atoms with Crippen LogP contribution in [-0.2, 0) is 17.8 Å². The molecule has 2 aromatic rings. The van der Waals surface area contributed by atoms with Gasteiger partial charge in [0.25, 0.3) is 5.91 Å². The van der Waals surface area contributed by atoms with Gasteiger partial charge in [0.05, 0.1) is 6.20 Å². The van der Waals surface area contributed by atoms with Crippen molar-refractivity contribution in [2.24, 2.45) is 0 Å². The topological polar surface area (TPSA) is 75.4 Å². The van der Waals surface area contributed by atoms with E-state index in [4.69, 9.17) is 4.52 Å². The number of carbonyl (C=O) groups excluding carboxylic acids is 2. The van der Waals surface area contributed by atoms with E-state index >= 15 is 0 Å². The van der Waals surface area contributed by atoms with Crippen molar-refractivity contribution >= 4 is 17.5 Å². The summed E-state index contributed by atoms with van der Waals surface area (Å²) in [4.78, 5) is 25.5. The molecule has 0 bridgehead atoms. The number of nitrogens with zero attached hydrogens (tertiary/aromatic N) is 2. The zero-order valence-electron chi connectivity index (χ0n) is 12.5. The van der Waals surface area contributed by atoms with E-state index < -0.39 is 0 Å². The van der Waals surface area contributed by atoms with E-state index in [1.54, 1.807) is 18.7 Å². The lowest BCUT2D eigenvalue weighted by atomic mass is 9.99. The average Bonchev–Trinajstić information content (AvgIpc) is 2.92. The van der Waals surface area contributed by atoms with E-state index in [1.807, 2.05) is 18.2 Å². The molecule has 2 amide bonds. The molecule has 0 radical (unpaired) electrons. The smallest absolute Gasteiger partial charge is 0.260 e. The minimum atomic E-state index is -0.252. The molecule has 0 atom stereocenters. The van der Waals surface area contributed by atoms with Crippen LogP contribution in [0.3, 0.4) is 0 Å². The van der Waals surface area contributed by atoms with Gasteiger partial charge in [-0.25, -0.2) is 0 Å². The van der Waals surface area contributed by atoms with Gasteiger partial charge >= 0.3 is 0 Å². The maximum absolute atomic E-state index is 12.2. The zero-order valence-corrected chi connectivity index (χ0v) is 12.5. The standard InChI is InChI=1S/C16H17N3O3/c1-10-15(8-17-22-10)16(21)18-14-4-3-12-5-6-19(11(2)20)9-13(12)7-14/h3-4,7-8H,5-6,9H2,1-2H3,(H,18,21). The maximum Gasteiger partial charge on any atom is 0.260 e. The second-order valence-electron chi connectivity index (χ2n) is 5.42. The molecule has 1 N–H and O–H groups in total. The number of nitrogens with one attached hydrogen (secondary N) is 1. The van der Waals surface area contributed by atoms with Crippen molar-refractivity contribution in [3.8, 4) is 0 Å². The van der Waals surface area contributed by atoms with Crippen molar-refractivity contribution in [3.63, 3.8) is 0 Å². The number of fused-ring (bicyclic) bond motifs is 1. The summed E-state index contributed by atoms with van der Waals surface area (Å²) in [6.45, 7) is 4.60. The molecule has 6 nitrogen and oxygen atoms in total. The number of anilines is 1. The summed E-state index contributed by atoms with van der Waals surface area (Å²) in [6.07, 6.45) is 2.24. The van der Waals surface area contributed by atoms with E-state index in [0.717, 1.165) is 18.5 Å². The molecule has 0 unspecified atom stereocenters. The lowest BCUT2D eigenvalue weighted by Gasteiger charge is -2.28. The third-order valence-corrected chi connectivity index (χ3v) is 3.92. The summed E-state index contributed by atoms with van der Waals surface area (Å²) in [6, 6.07) is 5.80. The van der Waals surface area contributed by atoms with Gasteiger partial charge in [-0.15, -0.1) is 0 Å². The number of aryl methyl sites for hydroxylation is 1. The second kappa shape index (κ2) is 5.63. The molecule has 1 aliphatic heterocycles. The molecule has 0 fully saturated rings. The van der Waals surface area contributed by atoms with Gasteiger partial charge < -0.3 is 14.7 Å². The summed E-state index contributed by atoms with van der Waals surface area (Å²) < 4.78 is 4.90. The molecule has 0 saturated carbocycles. The number of rotatable bonds is 2. The van der Waals surface area contributed by atoms with Gasteiger partial charge in [-0.05, 0) is 36.6 Å². The largest absolute Gasteiger partial charge is 0.361 e. The molecule has 114 valence electrons. The minimum absolute atomic E-state index is 0.0696. The number of hydrogen-bond donors (Lipinski definition) is 1. The highest BCUT2D eigenvalue weighted by Crippen LogP contribution is 2.23. The van der Waals surface area contributed by atoms with Crippen molar-refractivity contribution in [2.75, 3.05) is 11.9 Å². The van der Waals surface area contributed by atoms with Crippen molar-refractivity contribution in [2.45, 2.75) is 26.8 Å². The Labute approximate surface area is 128 Å². The first kappa shape index (κ1) is 14.3. The van der Waals surface area contributed by atoms with E-state index in [1.165, 1.54) is 11.8 Å². The monoisotopic (exact) mass is 299 g/mol. The van der Waals surface area contributed by atoms with Crippen molar-refractivity contribution < 1.29 is 14.1 Å². The first-order valence-corrected chi connectivity index (χ1v) is 7.14.